The number of hydrogen-bond donors (Lipinski definition) is 0. The SMILES string of the molecule is COC1CN(c2ncccc2C(=O)N2CCc3ccccc32)CCC1C. The Morgan fingerprint density at radius 3 is 2.88 bits per heavy atom. The molecule has 1 aromatic carbocycles. The molecule has 1 fully saturated rings. The van der Waals surface area contributed by atoms with Crippen LogP contribution in [0.1, 0.15) is 29.3 Å². The first kappa shape index (κ1) is 17.0. The van der Waals surface area contributed by atoms with Gasteiger partial charge in [-0.05, 0) is 42.5 Å². The number of fused-ring (bicyclic) bond motifs is 1. The highest BCUT2D eigenvalue weighted by Crippen LogP contribution is 2.32. The molecular formula is C21H25N3O2. The maximum Gasteiger partial charge on any atom is 0.262 e. The number of ether oxygens (including phenoxy) is 1. The van der Waals surface area contributed by atoms with Gasteiger partial charge in [0.2, 0.25) is 0 Å². The van der Waals surface area contributed by atoms with Crippen LogP contribution in [0.4, 0.5) is 11.5 Å². The van der Waals surface area contributed by atoms with Gasteiger partial charge in [0.05, 0.1) is 11.7 Å². The third-order valence-electron chi connectivity index (χ3n) is 5.64. The van der Waals surface area contributed by atoms with E-state index in [1.807, 2.05) is 35.2 Å². The molecule has 26 heavy (non-hydrogen) atoms. The molecule has 2 aliphatic heterocycles. The molecule has 2 atom stereocenters. The number of nitrogens with zero attached hydrogens (tertiary/aromatic N) is 3. The smallest absolute Gasteiger partial charge is 0.262 e. The van der Waals surface area contributed by atoms with Crippen LogP contribution in [0.3, 0.4) is 0 Å². The van der Waals surface area contributed by atoms with Gasteiger partial charge in [-0.15, -0.1) is 0 Å². The molecule has 0 radical (unpaired) electrons. The number of piperidine rings is 1. The number of pyridine rings is 1. The van der Waals surface area contributed by atoms with E-state index in [2.05, 4.69) is 22.9 Å². The molecule has 0 aliphatic carbocycles. The number of methoxy groups -OCH3 is 1. The first-order chi connectivity index (χ1) is 12.7. The lowest BCUT2D eigenvalue weighted by Gasteiger charge is -2.37. The van der Waals surface area contributed by atoms with Crippen LogP contribution in [-0.2, 0) is 11.2 Å². The summed E-state index contributed by atoms with van der Waals surface area (Å²) in [7, 11) is 1.76. The summed E-state index contributed by atoms with van der Waals surface area (Å²) < 4.78 is 5.64. The molecule has 1 amide bonds. The zero-order valence-electron chi connectivity index (χ0n) is 15.4. The number of para-hydroxylation sites is 1. The van der Waals surface area contributed by atoms with Gasteiger partial charge in [-0.3, -0.25) is 4.79 Å². The van der Waals surface area contributed by atoms with Crippen LogP contribution in [0.25, 0.3) is 0 Å². The summed E-state index contributed by atoms with van der Waals surface area (Å²) in [5.41, 5.74) is 2.93. The second kappa shape index (κ2) is 7.08. The zero-order valence-corrected chi connectivity index (χ0v) is 15.4. The fourth-order valence-electron chi connectivity index (χ4n) is 4.04. The topological polar surface area (TPSA) is 45.7 Å². The lowest BCUT2D eigenvalue weighted by Crippen LogP contribution is -2.45. The monoisotopic (exact) mass is 351 g/mol. The molecule has 1 aromatic heterocycles. The van der Waals surface area contributed by atoms with Crippen LogP contribution >= 0.6 is 0 Å². The second-order valence-electron chi connectivity index (χ2n) is 7.20. The summed E-state index contributed by atoms with van der Waals surface area (Å²) >= 11 is 0. The lowest BCUT2D eigenvalue weighted by molar-refractivity contribution is 0.0496. The molecular weight excluding hydrogens is 326 g/mol. The predicted octanol–water partition coefficient (Wildman–Crippen LogP) is 3.15. The summed E-state index contributed by atoms with van der Waals surface area (Å²) in [4.78, 5) is 22.0. The Labute approximate surface area is 154 Å². The zero-order chi connectivity index (χ0) is 18.1. The van der Waals surface area contributed by atoms with Crippen molar-refractivity contribution in [2.45, 2.75) is 25.9 Å². The molecule has 0 bridgehead atoms. The minimum atomic E-state index is 0.0330. The summed E-state index contributed by atoms with van der Waals surface area (Å²) in [5.74, 6) is 1.33. The van der Waals surface area contributed by atoms with Crippen LogP contribution in [0.2, 0.25) is 0 Å². The van der Waals surface area contributed by atoms with Crippen molar-refractivity contribution in [3.8, 4) is 0 Å². The van der Waals surface area contributed by atoms with E-state index >= 15 is 0 Å². The van der Waals surface area contributed by atoms with E-state index in [0.29, 0.717) is 11.5 Å². The van der Waals surface area contributed by atoms with Crippen molar-refractivity contribution in [3.63, 3.8) is 0 Å². The van der Waals surface area contributed by atoms with E-state index in [1.54, 1.807) is 13.3 Å². The summed E-state index contributed by atoms with van der Waals surface area (Å²) in [5, 5.41) is 0. The molecule has 5 nitrogen and oxygen atoms in total. The number of carbonyl (C=O) groups excluding carboxylic acids is 1. The van der Waals surface area contributed by atoms with Gasteiger partial charge < -0.3 is 14.5 Å². The first-order valence-corrected chi connectivity index (χ1v) is 9.31. The van der Waals surface area contributed by atoms with Crippen molar-refractivity contribution < 1.29 is 9.53 Å². The van der Waals surface area contributed by atoms with Gasteiger partial charge in [0.1, 0.15) is 5.82 Å². The van der Waals surface area contributed by atoms with Crippen molar-refractivity contribution in [1.82, 2.24) is 4.98 Å². The van der Waals surface area contributed by atoms with Gasteiger partial charge in [0.25, 0.3) is 5.91 Å². The number of benzene rings is 1. The molecule has 4 rings (SSSR count). The van der Waals surface area contributed by atoms with E-state index in [4.69, 9.17) is 4.74 Å². The van der Waals surface area contributed by atoms with Gasteiger partial charge in [0.15, 0.2) is 0 Å². The van der Waals surface area contributed by atoms with Crippen LogP contribution in [0.15, 0.2) is 42.6 Å². The van der Waals surface area contributed by atoms with E-state index < -0.39 is 0 Å². The maximum atomic E-state index is 13.3. The summed E-state index contributed by atoms with van der Waals surface area (Å²) in [6.45, 7) is 4.61. The van der Waals surface area contributed by atoms with Crippen LogP contribution in [-0.4, -0.2) is 43.7 Å². The summed E-state index contributed by atoms with van der Waals surface area (Å²) in [6, 6.07) is 11.9. The molecule has 2 unspecified atom stereocenters. The van der Waals surface area contributed by atoms with Gasteiger partial charge in [-0.2, -0.15) is 0 Å². The number of carbonyl (C=O) groups is 1. The van der Waals surface area contributed by atoms with Crippen LogP contribution in [0.5, 0.6) is 0 Å². The fourth-order valence-corrected chi connectivity index (χ4v) is 4.04. The highest BCUT2D eigenvalue weighted by molar-refractivity contribution is 6.10. The Hall–Kier alpha value is -2.40. The molecule has 5 heteroatoms. The quantitative estimate of drug-likeness (QED) is 0.852. The van der Waals surface area contributed by atoms with Crippen molar-refractivity contribution in [1.29, 1.82) is 0 Å². The minimum Gasteiger partial charge on any atom is -0.379 e. The summed E-state index contributed by atoms with van der Waals surface area (Å²) in [6.07, 6.45) is 3.88. The minimum absolute atomic E-state index is 0.0330. The van der Waals surface area contributed by atoms with Crippen LogP contribution in [0, 0.1) is 5.92 Å². The average molecular weight is 351 g/mol. The number of amides is 1. The van der Waals surface area contributed by atoms with Crippen molar-refractivity contribution in [3.05, 3.63) is 53.7 Å². The second-order valence-corrected chi connectivity index (χ2v) is 7.20. The third-order valence-corrected chi connectivity index (χ3v) is 5.64. The number of rotatable bonds is 3. The molecule has 136 valence electrons. The van der Waals surface area contributed by atoms with E-state index in [9.17, 15) is 4.79 Å². The van der Waals surface area contributed by atoms with Crippen molar-refractivity contribution >= 4 is 17.4 Å². The maximum absolute atomic E-state index is 13.3. The molecule has 0 N–H and O–H groups in total. The largest absolute Gasteiger partial charge is 0.379 e. The molecule has 0 saturated carbocycles. The Morgan fingerprint density at radius 2 is 2.04 bits per heavy atom. The Balaban J connectivity index is 1.63. The third kappa shape index (κ3) is 2.97. The molecule has 1 saturated heterocycles. The molecule has 2 aliphatic rings. The fraction of sp³-hybridized carbons (Fsp3) is 0.429. The van der Waals surface area contributed by atoms with E-state index in [0.717, 1.165) is 44.0 Å². The first-order valence-electron chi connectivity index (χ1n) is 9.31. The van der Waals surface area contributed by atoms with Crippen LogP contribution < -0.4 is 9.80 Å². The lowest BCUT2D eigenvalue weighted by atomic mass is 9.95. The Bertz CT molecular complexity index is 807. The average Bonchev–Trinajstić information content (AvgIpc) is 3.12. The normalized spacial score (nSPS) is 22.4. The molecule has 0 spiro atoms. The Kier molecular flexibility index (Phi) is 4.64. The Morgan fingerprint density at radius 1 is 1.19 bits per heavy atom. The van der Waals surface area contributed by atoms with E-state index in [-0.39, 0.29) is 12.0 Å². The van der Waals surface area contributed by atoms with E-state index in [1.165, 1.54) is 5.56 Å². The van der Waals surface area contributed by atoms with Crippen molar-refractivity contribution in [2.75, 3.05) is 36.5 Å². The number of anilines is 2. The highest BCUT2D eigenvalue weighted by atomic mass is 16.5. The predicted molar refractivity (Wildman–Crippen MR) is 103 cm³/mol. The number of aromatic nitrogens is 1. The van der Waals surface area contributed by atoms with Gasteiger partial charge in [-0.25, -0.2) is 4.98 Å². The standard InChI is InChI=1S/C21H25N3O2/c1-15-9-12-23(14-19(15)26-2)20-17(7-5-11-22-20)21(25)24-13-10-16-6-3-4-8-18(16)24/h3-8,11,15,19H,9-10,12-14H2,1-2H3. The van der Waals surface area contributed by atoms with Gasteiger partial charge >= 0.3 is 0 Å². The van der Waals surface area contributed by atoms with Gasteiger partial charge in [0, 0.05) is 38.6 Å². The highest BCUT2D eigenvalue weighted by Gasteiger charge is 2.31. The van der Waals surface area contributed by atoms with Crippen molar-refractivity contribution in [2.24, 2.45) is 5.92 Å². The molecule has 3 heterocycles. The molecule has 2 aromatic rings. The van der Waals surface area contributed by atoms with Gasteiger partial charge in [-0.1, -0.05) is 25.1 Å². The number of hydrogen-bond acceptors (Lipinski definition) is 4.